The van der Waals surface area contributed by atoms with Crippen molar-refractivity contribution in [2.75, 3.05) is 17.5 Å². The summed E-state index contributed by atoms with van der Waals surface area (Å²) in [5.74, 6) is 0.381. The van der Waals surface area contributed by atoms with Crippen LogP contribution in [0.15, 0.2) is 88.9 Å². The summed E-state index contributed by atoms with van der Waals surface area (Å²) in [5.41, 5.74) is 2.67. The summed E-state index contributed by atoms with van der Waals surface area (Å²) < 4.78 is 33.0. The van der Waals surface area contributed by atoms with Gasteiger partial charge in [-0.05, 0) is 53.9 Å². The molecule has 11 heteroatoms. The van der Waals surface area contributed by atoms with Crippen LogP contribution in [0.4, 0.5) is 11.4 Å². The van der Waals surface area contributed by atoms with E-state index >= 15 is 0 Å². The summed E-state index contributed by atoms with van der Waals surface area (Å²) in [6.07, 6.45) is 1.41. The van der Waals surface area contributed by atoms with E-state index in [1.165, 1.54) is 36.5 Å². The summed E-state index contributed by atoms with van der Waals surface area (Å²) >= 11 is 0. The highest BCUT2D eigenvalue weighted by atomic mass is 32.2. The lowest BCUT2D eigenvalue weighted by atomic mass is 10.2. The van der Waals surface area contributed by atoms with Crippen LogP contribution in [-0.4, -0.2) is 38.6 Å². The van der Waals surface area contributed by atoms with Gasteiger partial charge in [-0.2, -0.15) is 5.10 Å². The molecular weight excluding hydrogens is 484 g/mol. The van der Waals surface area contributed by atoms with Gasteiger partial charge in [0.2, 0.25) is 0 Å². The fraction of sp³-hybridized carbons (Fsp3) is 0.200. The number of hydrogen-bond acceptors (Lipinski definition) is 7. The second-order valence-corrected chi connectivity index (χ2v) is 10.0. The van der Waals surface area contributed by atoms with Crippen LogP contribution in [0.1, 0.15) is 19.4 Å². The first-order valence-corrected chi connectivity index (χ1v) is 12.5. The molecule has 188 valence electrons. The lowest BCUT2D eigenvalue weighted by Crippen LogP contribution is -2.39. The zero-order valence-electron chi connectivity index (χ0n) is 19.8. The SMILES string of the molecule is CC(C)COc1ccc(/C=N/NC(=O)CN(c2cccc([N+](=O)[O-])c2)S(=O)(=O)c2ccccc2)cc1. The van der Waals surface area contributed by atoms with Crippen LogP contribution in [0.25, 0.3) is 0 Å². The fourth-order valence-electron chi connectivity index (χ4n) is 3.05. The monoisotopic (exact) mass is 510 g/mol. The standard InChI is InChI=1S/C25H26N4O6S/c1-19(2)18-35-23-13-11-20(12-14-23)16-26-27-25(30)17-28(21-7-6-8-22(15-21)29(31)32)36(33,34)24-9-4-3-5-10-24/h3-16,19H,17-18H2,1-2H3,(H,27,30)/b26-16+. The van der Waals surface area contributed by atoms with Crippen molar-refractivity contribution in [1.82, 2.24) is 5.43 Å². The molecule has 1 N–H and O–H groups in total. The molecule has 0 atom stereocenters. The number of rotatable bonds is 11. The van der Waals surface area contributed by atoms with Crippen LogP contribution in [0.2, 0.25) is 0 Å². The van der Waals surface area contributed by atoms with Gasteiger partial charge in [0.25, 0.3) is 21.6 Å². The van der Waals surface area contributed by atoms with Crippen molar-refractivity contribution in [1.29, 1.82) is 0 Å². The Kier molecular flexibility index (Phi) is 8.74. The minimum atomic E-state index is -4.20. The summed E-state index contributed by atoms with van der Waals surface area (Å²) in [6.45, 7) is 4.05. The Bertz CT molecular complexity index is 1330. The molecule has 0 spiro atoms. The average Bonchev–Trinajstić information content (AvgIpc) is 2.87. The average molecular weight is 511 g/mol. The van der Waals surface area contributed by atoms with Crippen LogP contribution in [0, 0.1) is 16.0 Å². The van der Waals surface area contributed by atoms with Crippen molar-refractivity contribution in [2.24, 2.45) is 11.0 Å². The number of carbonyl (C=O) groups excluding carboxylic acids is 1. The third-order valence-corrected chi connectivity index (χ3v) is 6.60. The number of non-ortho nitro benzene ring substituents is 1. The number of nitro groups is 1. The maximum atomic E-state index is 13.3. The molecule has 3 rings (SSSR count). The number of sulfonamides is 1. The summed E-state index contributed by atoms with van der Waals surface area (Å²) in [6, 6.07) is 19.7. The third kappa shape index (κ3) is 7.12. The molecule has 10 nitrogen and oxygen atoms in total. The van der Waals surface area contributed by atoms with Gasteiger partial charge in [-0.15, -0.1) is 0 Å². The number of carbonyl (C=O) groups is 1. The van der Waals surface area contributed by atoms with Crippen LogP contribution >= 0.6 is 0 Å². The Labute approximate surface area is 209 Å². The number of hydrogen-bond donors (Lipinski definition) is 1. The van der Waals surface area contributed by atoms with Crippen LogP contribution in [0.3, 0.4) is 0 Å². The van der Waals surface area contributed by atoms with Crippen molar-refractivity contribution in [3.63, 3.8) is 0 Å². The molecule has 0 bridgehead atoms. The predicted octanol–water partition coefficient (Wildman–Crippen LogP) is 3.98. The molecule has 0 heterocycles. The molecule has 0 aromatic heterocycles. The topological polar surface area (TPSA) is 131 Å². The normalized spacial score (nSPS) is 11.4. The molecule has 36 heavy (non-hydrogen) atoms. The lowest BCUT2D eigenvalue weighted by molar-refractivity contribution is -0.384. The second-order valence-electron chi connectivity index (χ2n) is 8.17. The number of nitro benzene ring substituents is 1. The number of ether oxygens (including phenoxy) is 1. The van der Waals surface area contributed by atoms with E-state index in [1.54, 1.807) is 42.5 Å². The number of anilines is 1. The minimum absolute atomic E-state index is 0.0239. The van der Waals surface area contributed by atoms with E-state index in [4.69, 9.17) is 4.74 Å². The highest BCUT2D eigenvalue weighted by molar-refractivity contribution is 7.92. The molecule has 0 saturated carbocycles. The lowest BCUT2D eigenvalue weighted by Gasteiger charge is -2.23. The predicted molar refractivity (Wildman–Crippen MR) is 137 cm³/mol. The highest BCUT2D eigenvalue weighted by Gasteiger charge is 2.28. The van der Waals surface area contributed by atoms with Crippen molar-refractivity contribution in [3.05, 3.63) is 94.5 Å². The molecular formula is C25H26N4O6S. The van der Waals surface area contributed by atoms with Gasteiger partial charge in [-0.1, -0.05) is 38.1 Å². The van der Waals surface area contributed by atoms with Crippen molar-refractivity contribution in [2.45, 2.75) is 18.7 Å². The summed E-state index contributed by atoms with van der Waals surface area (Å²) in [7, 11) is -4.20. The Morgan fingerprint density at radius 3 is 2.42 bits per heavy atom. The second kappa shape index (κ2) is 11.9. The molecule has 0 fully saturated rings. The third-order valence-electron chi connectivity index (χ3n) is 4.81. The molecule has 3 aromatic rings. The van der Waals surface area contributed by atoms with E-state index in [9.17, 15) is 23.3 Å². The maximum absolute atomic E-state index is 13.3. The largest absolute Gasteiger partial charge is 0.493 e. The minimum Gasteiger partial charge on any atom is -0.493 e. The van der Waals surface area contributed by atoms with Crippen molar-refractivity contribution < 1.29 is 22.9 Å². The van der Waals surface area contributed by atoms with Crippen LogP contribution < -0.4 is 14.5 Å². The molecule has 0 radical (unpaired) electrons. The fourth-order valence-corrected chi connectivity index (χ4v) is 4.49. The van der Waals surface area contributed by atoms with Gasteiger partial charge in [0.05, 0.1) is 28.3 Å². The first kappa shape index (κ1) is 26.4. The Balaban J connectivity index is 1.76. The van der Waals surface area contributed by atoms with Crippen LogP contribution in [0.5, 0.6) is 5.75 Å². The van der Waals surface area contributed by atoms with Gasteiger partial charge < -0.3 is 4.74 Å². The van der Waals surface area contributed by atoms with E-state index in [0.717, 1.165) is 10.4 Å². The van der Waals surface area contributed by atoms with Gasteiger partial charge in [0.1, 0.15) is 12.3 Å². The molecule has 0 unspecified atom stereocenters. The Hall–Kier alpha value is -4.25. The quantitative estimate of drug-likeness (QED) is 0.236. The number of benzene rings is 3. The van der Waals surface area contributed by atoms with Crippen LogP contribution in [-0.2, 0) is 14.8 Å². The Morgan fingerprint density at radius 1 is 1.08 bits per heavy atom. The van der Waals surface area contributed by atoms with E-state index in [-0.39, 0.29) is 16.3 Å². The van der Waals surface area contributed by atoms with Gasteiger partial charge in [0, 0.05) is 12.1 Å². The molecule has 0 aliphatic carbocycles. The van der Waals surface area contributed by atoms with Crippen molar-refractivity contribution >= 4 is 33.5 Å². The molecule has 1 amide bonds. The number of amides is 1. The first-order chi connectivity index (χ1) is 17.2. The van der Waals surface area contributed by atoms with Gasteiger partial charge >= 0.3 is 0 Å². The van der Waals surface area contributed by atoms with E-state index in [0.29, 0.717) is 23.8 Å². The molecule has 0 saturated heterocycles. The molecule has 0 aliphatic heterocycles. The first-order valence-electron chi connectivity index (χ1n) is 11.0. The van der Waals surface area contributed by atoms with E-state index in [2.05, 4.69) is 24.4 Å². The number of hydrazone groups is 1. The number of nitrogens with zero attached hydrogens (tertiary/aromatic N) is 3. The zero-order chi connectivity index (χ0) is 26.1. The smallest absolute Gasteiger partial charge is 0.271 e. The van der Waals surface area contributed by atoms with Crippen molar-refractivity contribution in [3.8, 4) is 5.75 Å². The molecule has 0 aliphatic rings. The Morgan fingerprint density at radius 2 is 1.78 bits per heavy atom. The maximum Gasteiger partial charge on any atom is 0.271 e. The van der Waals surface area contributed by atoms with Gasteiger partial charge in [-0.3, -0.25) is 19.2 Å². The number of nitrogens with one attached hydrogen (secondary N) is 1. The zero-order valence-corrected chi connectivity index (χ0v) is 20.6. The summed E-state index contributed by atoms with van der Waals surface area (Å²) in [5, 5.41) is 15.1. The van der Waals surface area contributed by atoms with E-state index in [1.807, 2.05) is 0 Å². The van der Waals surface area contributed by atoms with Gasteiger partial charge in [-0.25, -0.2) is 13.8 Å². The molecule has 3 aromatic carbocycles. The highest BCUT2D eigenvalue weighted by Crippen LogP contribution is 2.26. The van der Waals surface area contributed by atoms with Gasteiger partial charge in [0.15, 0.2) is 0 Å². The summed E-state index contributed by atoms with van der Waals surface area (Å²) in [4.78, 5) is 23.1. The van der Waals surface area contributed by atoms with E-state index < -0.39 is 27.4 Å².